The highest BCUT2D eigenvalue weighted by molar-refractivity contribution is 7.91. The predicted molar refractivity (Wildman–Crippen MR) is 84.1 cm³/mol. The normalized spacial score (nSPS) is 18.2. The molecule has 1 atom stereocenters. The van der Waals surface area contributed by atoms with Gasteiger partial charge in [-0.2, -0.15) is 0 Å². The minimum atomic E-state index is -3.36. The number of methoxy groups -OCH3 is 1. The fourth-order valence-electron chi connectivity index (χ4n) is 2.47. The molecular weight excluding hydrogens is 304 g/mol. The first-order chi connectivity index (χ1) is 10.5. The van der Waals surface area contributed by atoms with Crippen LogP contribution in [0, 0.1) is 0 Å². The van der Waals surface area contributed by atoms with Gasteiger partial charge >= 0.3 is 0 Å². The molecule has 1 heterocycles. The summed E-state index contributed by atoms with van der Waals surface area (Å²) in [6, 6.07) is 4.64. The smallest absolute Gasteiger partial charge is 0.255 e. The van der Waals surface area contributed by atoms with E-state index in [4.69, 9.17) is 4.74 Å². The third-order valence-corrected chi connectivity index (χ3v) is 5.56. The molecule has 0 bridgehead atoms. The molecule has 1 aromatic rings. The first-order valence-electron chi connectivity index (χ1n) is 7.40. The number of carbonyl (C=O) groups is 1. The third-order valence-electron chi connectivity index (χ3n) is 3.83. The number of nitrogens with one attached hydrogen (secondary N) is 2. The van der Waals surface area contributed by atoms with E-state index in [1.165, 1.54) is 25.3 Å². The van der Waals surface area contributed by atoms with E-state index in [0.717, 1.165) is 19.4 Å². The minimum Gasteiger partial charge on any atom is -0.496 e. The van der Waals surface area contributed by atoms with Crippen molar-refractivity contribution in [2.75, 3.05) is 26.0 Å². The Hall–Kier alpha value is -1.60. The summed E-state index contributed by atoms with van der Waals surface area (Å²) in [5, 5.41) is 6.13. The minimum absolute atomic E-state index is 0.00756. The van der Waals surface area contributed by atoms with Gasteiger partial charge in [-0.15, -0.1) is 0 Å². The number of rotatable bonds is 6. The molecule has 6 nitrogen and oxygen atoms in total. The molecule has 2 rings (SSSR count). The number of sulfone groups is 1. The third kappa shape index (κ3) is 3.78. The highest BCUT2D eigenvalue weighted by Gasteiger charge is 2.20. The van der Waals surface area contributed by atoms with Crippen LogP contribution in [-0.4, -0.2) is 46.3 Å². The summed E-state index contributed by atoms with van der Waals surface area (Å²) in [5.41, 5.74) is 0.245. The molecule has 0 spiro atoms. The molecule has 7 heteroatoms. The lowest BCUT2D eigenvalue weighted by atomic mass is 10.1. The van der Waals surface area contributed by atoms with Crippen LogP contribution in [0.25, 0.3) is 0 Å². The second-order valence-electron chi connectivity index (χ2n) is 5.27. The summed E-state index contributed by atoms with van der Waals surface area (Å²) in [6.45, 7) is 3.06. The summed E-state index contributed by atoms with van der Waals surface area (Å²) in [6.07, 6.45) is 2.13. The van der Waals surface area contributed by atoms with E-state index in [1.807, 2.05) is 0 Å². The fourth-order valence-corrected chi connectivity index (χ4v) is 3.37. The van der Waals surface area contributed by atoms with Gasteiger partial charge in [0.15, 0.2) is 9.84 Å². The Labute approximate surface area is 131 Å². The average molecular weight is 326 g/mol. The Morgan fingerprint density at radius 2 is 2.23 bits per heavy atom. The van der Waals surface area contributed by atoms with E-state index in [-0.39, 0.29) is 28.2 Å². The van der Waals surface area contributed by atoms with Crippen molar-refractivity contribution in [3.8, 4) is 5.75 Å². The van der Waals surface area contributed by atoms with Crippen molar-refractivity contribution in [3.05, 3.63) is 23.8 Å². The van der Waals surface area contributed by atoms with Crippen LogP contribution in [0.5, 0.6) is 5.75 Å². The highest BCUT2D eigenvalue weighted by Crippen LogP contribution is 2.23. The Morgan fingerprint density at radius 1 is 1.45 bits per heavy atom. The van der Waals surface area contributed by atoms with Crippen LogP contribution >= 0.6 is 0 Å². The number of carbonyl (C=O) groups excluding carboxylic acids is 1. The lowest BCUT2D eigenvalue weighted by Crippen LogP contribution is -2.37. The summed E-state index contributed by atoms with van der Waals surface area (Å²) < 4.78 is 29.1. The monoisotopic (exact) mass is 326 g/mol. The molecular formula is C15H22N2O4S. The molecule has 1 aliphatic rings. The first-order valence-corrected chi connectivity index (χ1v) is 9.05. The molecule has 1 aromatic carbocycles. The van der Waals surface area contributed by atoms with Crippen LogP contribution < -0.4 is 15.4 Å². The Bertz CT molecular complexity index is 637. The fraction of sp³-hybridized carbons (Fsp3) is 0.533. The quantitative estimate of drug-likeness (QED) is 0.814. The molecule has 2 N–H and O–H groups in total. The maximum absolute atomic E-state index is 12.3. The van der Waals surface area contributed by atoms with Crippen molar-refractivity contribution in [1.82, 2.24) is 10.6 Å². The molecule has 0 radical (unpaired) electrons. The Kier molecular flexibility index (Phi) is 5.42. The first kappa shape index (κ1) is 16.8. The average Bonchev–Trinajstić information content (AvgIpc) is 3.05. The standard InChI is InChI=1S/C15H22N2O4S/c1-3-22(19,20)12-6-7-14(21-2)13(9-12)15(18)17-10-11-5-4-8-16-11/h6-7,9,11,16H,3-5,8,10H2,1-2H3,(H,17,18). The number of benzene rings is 1. The summed E-state index contributed by atoms with van der Waals surface area (Å²) >= 11 is 0. The Morgan fingerprint density at radius 3 is 2.82 bits per heavy atom. The van der Waals surface area contributed by atoms with Crippen LogP contribution in [0.2, 0.25) is 0 Å². The molecule has 1 saturated heterocycles. The molecule has 1 aliphatic heterocycles. The van der Waals surface area contributed by atoms with E-state index < -0.39 is 9.84 Å². The Balaban J connectivity index is 2.19. The molecule has 122 valence electrons. The lowest BCUT2D eigenvalue weighted by molar-refractivity contribution is 0.0947. The molecule has 0 aliphatic carbocycles. The van der Waals surface area contributed by atoms with Gasteiger partial charge in [0.2, 0.25) is 0 Å². The largest absolute Gasteiger partial charge is 0.496 e. The highest BCUT2D eigenvalue weighted by atomic mass is 32.2. The van der Waals surface area contributed by atoms with Gasteiger partial charge in [-0.25, -0.2) is 8.42 Å². The van der Waals surface area contributed by atoms with Gasteiger partial charge in [-0.3, -0.25) is 4.79 Å². The number of hydrogen-bond acceptors (Lipinski definition) is 5. The van der Waals surface area contributed by atoms with Gasteiger partial charge < -0.3 is 15.4 Å². The van der Waals surface area contributed by atoms with Crippen molar-refractivity contribution in [3.63, 3.8) is 0 Å². The molecule has 0 saturated carbocycles. The van der Waals surface area contributed by atoms with Crippen molar-refractivity contribution >= 4 is 15.7 Å². The van der Waals surface area contributed by atoms with E-state index in [9.17, 15) is 13.2 Å². The number of amides is 1. The van der Waals surface area contributed by atoms with Gasteiger partial charge in [0.25, 0.3) is 5.91 Å². The van der Waals surface area contributed by atoms with Crippen LogP contribution in [0.1, 0.15) is 30.1 Å². The van der Waals surface area contributed by atoms with Gasteiger partial charge in [-0.1, -0.05) is 6.92 Å². The zero-order valence-electron chi connectivity index (χ0n) is 12.9. The second kappa shape index (κ2) is 7.11. The summed E-state index contributed by atoms with van der Waals surface area (Å²) in [4.78, 5) is 12.5. The van der Waals surface area contributed by atoms with Crippen molar-refractivity contribution in [1.29, 1.82) is 0 Å². The van der Waals surface area contributed by atoms with E-state index >= 15 is 0 Å². The molecule has 1 unspecified atom stereocenters. The predicted octanol–water partition coefficient (Wildman–Crippen LogP) is 0.971. The molecule has 22 heavy (non-hydrogen) atoms. The van der Waals surface area contributed by atoms with Crippen molar-refractivity contribution in [2.45, 2.75) is 30.7 Å². The zero-order chi connectivity index (χ0) is 16.2. The summed E-state index contributed by atoms with van der Waals surface area (Å²) in [7, 11) is -1.90. The second-order valence-corrected chi connectivity index (χ2v) is 7.55. The van der Waals surface area contributed by atoms with Crippen molar-refractivity contribution < 1.29 is 17.9 Å². The van der Waals surface area contributed by atoms with Crippen LogP contribution in [0.3, 0.4) is 0 Å². The lowest BCUT2D eigenvalue weighted by Gasteiger charge is -2.14. The SMILES string of the molecule is CCS(=O)(=O)c1ccc(OC)c(C(=O)NCC2CCCN2)c1. The van der Waals surface area contributed by atoms with Crippen LogP contribution in [0.15, 0.2) is 23.1 Å². The van der Waals surface area contributed by atoms with Gasteiger partial charge in [0.05, 0.1) is 23.3 Å². The van der Waals surface area contributed by atoms with Gasteiger partial charge in [0.1, 0.15) is 5.75 Å². The van der Waals surface area contributed by atoms with Crippen molar-refractivity contribution in [2.24, 2.45) is 0 Å². The molecule has 1 fully saturated rings. The van der Waals surface area contributed by atoms with Crippen LogP contribution in [-0.2, 0) is 9.84 Å². The summed E-state index contributed by atoms with van der Waals surface area (Å²) in [5.74, 6) is 0.0393. The number of hydrogen-bond donors (Lipinski definition) is 2. The van der Waals surface area contributed by atoms with E-state index in [2.05, 4.69) is 10.6 Å². The van der Waals surface area contributed by atoms with Gasteiger partial charge in [-0.05, 0) is 37.6 Å². The van der Waals surface area contributed by atoms with E-state index in [1.54, 1.807) is 6.92 Å². The van der Waals surface area contributed by atoms with Crippen LogP contribution in [0.4, 0.5) is 0 Å². The zero-order valence-corrected chi connectivity index (χ0v) is 13.7. The topological polar surface area (TPSA) is 84.5 Å². The van der Waals surface area contributed by atoms with Gasteiger partial charge in [0, 0.05) is 12.6 Å². The maximum atomic E-state index is 12.3. The molecule has 0 aromatic heterocycles. The number of ether oxygens (including phenoxy) is 1. The molecule has 1 amide bonds. The van der Waals surface area contributed by atoms with E-state index in [0.29, 0.717) is 12.3 Å². The maximum Gasteiger partial charge on any atom is 0.255 e.